The average Bonchev–Trinajstić information content (AvgIpc) is 2.84. The molecule has 0 spiro atoms. The monoisotopic (exact) mass is 248 g/mol. The van der Waals surface area contributed by atoms with Gasteiger partial charge in [-0.05, 0) is 31.6 Å². The molecule has 0 amide bonds. The third kappa shape index (κ3) is 3.17. The molecule has 0 aliphatic heterocycles. The lowest BCUT2D eigenvalue weighted by molar-refractivity contribution is 0.490. The Labute approximate surface area is 106 Å². The summed E-state index contributed by atoms with van der Waals surface area (Å²) in [6, 6.07) is 6.55. The zero-order chi connectivity index (χ0) is 12.8. The molecule has 2 aromatic rings. The van der Waals surface area contributed by atoms with Crippen molar-refractivity contribution in [3.63, 3.8) is 0 Å². The molecule has 0 atom stereocenters. The highest BCUT2D eigenvalue weighted by Crippen LogP contribution is 2.23. The van der Waals surface area contributed by atoms with Crippen molar-refractivity contribution in [3.05, 3.63) is 42.2 Å². The number of aromatic nitrogens is 1. The summed E-state index contributed by atoms with van der Waals surface area (Å²) in [6.45, 7) is 3.97. The Hall–Kier alpha value is -1.68. The van der Waals surface area contributed by atoms with Crippen LogP contribution in [0.15, 0.2) is 34.9 Å². The summed E-state index contributed by atoms with van der Waals surface area (Å²) < 4.78 is 19.1. The molecule has 2 rings (SSSR count). The number of aryl methyl sites for hydroxylation is 1. The van der Waals surface area contributed by atoms with E-state index in [1.807, 2.05) is 0 Å². The molecule has 18 heavy (non-hydrogen) atoms. The van der Waals surface area contributed by atoms with Crippen molar-refractivity contribution in [1.29, 1.82) is 0 Å². The molecule has 0 saturated heterocycles. The van der Waals surface area contributed by atoms with Crippen molar-refractivity contribution >= 4 is 0 Å². The van der Waals surface area contributed by atoms with Crippen molar-refractivity contribution in [3.8, 4) is 11.3 Å². The van der Waals surface area contributed by atoms with E-state index in [0.717, 1.165) is 25.9 Å². The number of benzene rings is 1. The Morgan fingerprint density at radius 2 is 2.17 bits per heavy atom. The maximum absolute atomic E-state index is 13.5. The van der Waals surface area contributed by atoms with Crippen LogP contribution in [0, 0.1) is 5.82 Å². The molecule has 0 fully saturated rings. The Morgan fingerprint density at radius 1 is 1.33 bits per heavy atom. The van der Waals surface area contributed by atoms with Gasteiger partial charge in [-0.2, -0.15) is 0 Å². The fourth-order valence-corrected chi connectivity index (χ4v) is 1.75. The Kier molecular flexibility index (Phi) is 4.47. The van der Waals surface area contributed by atoms with Crippen LogP contribution < -0.4 is 5.32 Å². The number of halogens is 1. The van der Waals surface area contributed by atoms with Crippen molar-refractivity contribution in [1.82, 2.24) is 10.3 Å². The van der Waals surface area contributed by atoms with Crippen molar-refractivity contribution in [2.24, 2.45) is 0 Å². The van der Waals surface area contributed by atoms with E-state index in [1.54, 1.807) is 24.4 Å². The van der Waals surface area contributed by atoms with Gasteiger partial charge in [0.15, 0.2) is 11.7 Å². The Bertz CT molecular complexity index is 496. The van der Waals surface area contributed by atoms with Gasteiger partial charge in [-0.25, -0.2) is 9.37 Å². The lowest BCUT2D eigenvalue weighted by atomic mass is 10.2. The van der Waals surface area contributed by atoms with Gasteiger partial charge in [-0.3, -0.25) is 0 Å². The lowest BCUT2D eigenvalue weighted by Crippen LogP contribution is -2.14. The molecule has 0 saturated carbocycles. The summed E-state index contributed by atoms with van der Waals surface area (Å²) >= 11 is 0. The van der Waals surface area contributed by atoms with Gasteiger partial charge < -0.3 is 9.73 Å². The minimum atomic E-state index is -0.284. The van der Waals surface area contributed by atoms with E-state index >= 15 is 0 Å². The summed E-state index contributed by atoms with van der Waals surface area (Å²) in [5, 5.41) is 3.24. The molecule has 3 nitrogen and oxygen atoms in total. The molecule has 1 aromatic carbocycles. The molecule has 0 aliphatic rings. The number of nitrogens with one attached hydrogen (secondary N) is 1. The Morgan fingerprint density at radius 3 is 2.94 bits per heavy atom. The third-order valence-electron chi connectivity index (χ3n) is 2.69. The van der Waals surface area contributed by atoms with Crippen molar-refractivity contribution in [2.45, 2.75) is 19.8 Å². The fourth-order valence-electron chi connectivity index (χ4n) is 1.75. The predicted octanol–water partition coefficient (Wildman–Crippen LogP) is 3.02. The maximum Gasteiger partial charge on any atom is 0.194 e. The summed E-state index contributed by atoms with van der Waals surface area (Å²) in [5.41, 5.74) is 0.461. The highest BCUT2D eigenvalue weighted by atomic mass is 19.1. The van der Waals surface area contributed by atoms with E-state index < -0.39 is 0 Å². The van der Waals surface area contributed by atoms with Crippen LogP contribution in [-0.4, -0.2) is 18.1 Å². The Balaban J connectivity index is 2.00. The average molecular weight is 248 g/mol. The van der Waals surface area contributed by atoms with E-state index in [2.05, 4.69) is 17.2 Å². The first-order valence-corrected chi connectivity index (χ1v) is 6.21. The highest BCUT2D eigenvalue weighted by molar-refractivity contribution is 5.56. The predicted molar refractivity (Wildman–Crippen MR) is 68.8 cm³/mol. The summed E-state index contributed by atoms with van der Waals surface area (Å²) in [6.07, 6.45) is 3.31. The van der Waals surface area contributed by atoms with E-state index in [9.17, 15) is 4.39 Å². The molecule has 0 radical (unpaired) electrons. The normalized spacial score (nSPS) is 10.8. The van der Waals surface area contributed by atoms with Crippen LogP contribution in [0.1, 0.15) is 19.2 Å². The van der Waals surface area contributed by atoms with E-state index in [1.165, 1.54) is 6.07 Å². The van der Waals surface area contributed by atoms with Crippen LogP contribution in [0.2, 0.25) is 0 Å². The van der Waals surface area contributed by atoms with Gasteiger partial charge in [-0.1, -0.05) is 19.1 Å². The molecule has 0 unspecified atom stereocenters. The van der Waals surface area contributed by atoms with Gasteiger partial charge in [-0.15, -0.1) is 0 Å². The molecule has 1 N–H and O–H groups in total. The van der Waals surface area contributed by atoms with E-state index in [4.69, 9.17) is 4.42 Å². The van der Waals surface area contributed by atoms with Gasteiger partial charge >= 0.3 is 0 Å². The standard InChI is InChI=1S/C14H17FN2O/c1-2-16-9-5-8-14-17-10-13(18-14)11-6-3-4-7-12(11)15/h3-4,6-7,10,16H,2,5,8-9H2,1H3. The molecule has 4 heteroatoms. The van der Waals surface area contributed by atoms with Gasteiger partial charge in [0, 0.05) is 6.42 Å². The van der Waals surface area contributed by atoms with Gasteiger partial charge in [0.1, 0.15) is 5.82 Å². The zero-order valence-electron chi connectivity index (χ0n) is 10.4. The van der Waals surface area contributed by atoms with E-state index in [-0.39, 0.29) is 5.82 Å². The van der Waals surface area contributed by atoms with E-state index in [0.29, 0.717) is 17.2 Å². The van der Waals surface area contributed by atoms with Crippen LogP contribution in [-0.2, 0) is 6.42 Å². The minimum Gasteiger partial charge on any atom is -0.441 e. The lowest BCUT2D eigenvalue weighted by Gasteiger charge is -1.99. The fraction of sp³-hybridized carbons (Fsp3) is 0.357. The van der Waals surface area contributed by atoms with Crippen LogP contribution in [0.25, 0.3) is 11.3 Å². The maximum atomic E-state index is 13.5. The molecule has 1 aromatic heterocycles. The summed E-state index contributed by atoms with van der Waals surface area (Å²) in [4.78, 5) is 4.17. The molecular formula is C14H17FN2O. The van der Waals surface area contributed by atoms with Gasteiger partial charge in [0.05, 0.1) is 11.8 Å². The molecular weight excluding hydrogens is 231 g/mol. The number of oxazole rings is 1. The first-order valence-electron chi connectivity index (χ1n) is 6.21. The van der Waals surface area contributed by atoms with Crippen LogP contribution in [0.5, 0.6) is 0 Å². The molecule has 96 valence electrons. The van der Waals surface area contributed by atoms with Crippen LogP contribution in [0.4, 0.5) is 4.39 Å². The van der Waals surface area contributed by atoms with Crippen molar-refractivity contribution in [2.75, 3.05) is 13.1 Å². The minimum absolute atomic E-state index is 0.284. The summed E-state index contributed by atoms with van der Waals surface area (Å²) in [7, 11) is 0. The second kappa shape index (κ2) is 6.31. The van der Waals surface area contributed by atoms with Crippen LogP contribution >= 0.6 is 0 Å². The molecule has 0 aliphatic carbocycles. The number of rotatable bonds is 6. The number of nitrogens with zero attached hydrogens (tertiary/aromatic N) is 1. The van der Waals surface area contributed by atoms with Gasteiger partial charge in [0.25, 0.3) is 0 Å². The second-order valence-electron chi connectivity index (χ2n) is 4.06. The largest absolute Gasteiger partial charge is 0.441 e. The van der Waals surface area contributed by atoms with Gasteiger partial charge in [0.2, 0.25) is 0 Å². The second-order valence-corrected chi connectivity index (χ2v) is 4.06. The number of hydrogen-bond donors (Lipinski definition) is 1. The number of hydrogen-bond acceptors (Lipinski definition) is 3. The first-order chi connectivity index (χ1) is 8.81. The third-order valence-corrected chi connectivity index (χ3v) is 2.69. The van der Waals surface area contributed by atoms with Crippen LogP contribution in [0.3, 0.4) is 0 Å². The highest BCUT2D eigenvalue weighted by Gasteiger charge is 2.09. The SMILES string of the molecule is CCNCCCc1ncc(-c2ccccc2F)o1. The zero-order valence-corrected chi connectivity index (χ0v) is 10.4. The molecule has 1 heterocycles. The first kappa shape index (κ1) is 12.8. The van der Waals surface area contributed by atoms with Crippen molar-refractivity contribution < 1.29 is 8.81 Å². The summed E-state index contributed by atoms with van der Waals surface area (Å²) in [5.74, 6) is 0.866. The smallest absolute Gasteiger partial charge is 0.194 e. The topological polar surface area (TPSA) is 38.1 Å². The molecule has 0 bridgehead atoms. The quantitative estimate of drug-likeness (QED) is 0.798.